The van der Waals surface area contributed by atoms with Crippen molar-refractivity contribution in [2.45, 2.75) is 13.8 Å². The fourth-order valence-electron chi connectivity index (χ4n) is 1.62. The fourth-order valence-corrected chi connectivity index (χ4v) is 1.62. The zero-order valence-electron chi connectivity index (χ0n) is 10.4. The van der Waals surface area contributed by atoms with Crippen molar-refractivity contribution in [1.82, 2.24) is 0 Å². The molecule has 1 aromatic carbocycles. The maximum absolute atomic E-state index is 13.7. The molecule has 0 bridgehead atoms. The summed E-state index contributed by atoms with van der Waals surface area (Å²) in [4.78, 5) is 12.1. The third-order valence-corrected chi connectivity index (χ3v) is 2.81. The van der Waals surface area contributed by atoms with Gasteiger partial charge in [0.15, 0.2) is 5.76 Å². The van der Waals surface area contributed by atoms with Crippen LogP contribution in [0.5, 0.6) is 5.75 Å². The fraction of sp³-hybridized carbons (Fsp3) is 0.214. The number of carbonyl (C=O) groups excluding carboxylic acids is 1. The second kappa shape index (κ2) is 4.64. The molecule has 94 valence electrons. The largest absolute Gasteiger partial charge is 0.497 e. The predicted octanol–water partition coefficient (Wildman–Crippen LogP) is 3.28. The Morgan fingerprint density at radius 3 is 2.50 bits per heavy atom. The van der Waals surface area contributed by atoms with Crippen LogP contribution in [-0.2, 0) is 0 Å². The summed E-state index contributed by atoms with van der Waals surface area (Å²) >= 11 is 0. The molecule has 18 heavy (non-hydrogen) atoms. The van der Waals surface area contributed by atoms with Crippen LogP contribution in [0, 0.1) is 19.7 Å². The van der Waals surface area contributed by atoms with Crippen LogP contribution in [-0.4, -0.2) is 12.9 Å². The Bertz CT molecular complexity index is 580. The van der Waals surface area contributed by atoms with Gasteiger partial charge in [-0.15, -0.1) is 0 Å². The molecule has 4 heteroatoms. The standard InChI is InChI=1S/C14H13FO3/c1-8-6-13(18-9(8)2)14(16)11-5-4-10(17-3)7-12(11)15/h4-7H,1-3H3. The van der Waals surface area contributed by atoms with Gasteiger partial charge in [-0.2, -0.15) is 0 Å². The first-order chi connectivity index (χ1) is 8.52. The first kappa shape index (κ1) is 12.4. The van der Waals surface area contributed by atoms with E-state index in [1.807, 2.05) is 6.92 Å². The minimum absolute atomic E-state index is 0.0236. The van der Waals surface area contributed by atoms with Crippen molar-refractivity contribution in [2.24, 2.45) is 0 Å². The second-order valence-corrected chi connectivity index (χ2v) is 4.02. The van der Waals surface area contributed by atoms with Gasteiger partial charge in [-0.3, -0.25) is 4.79 Å². The molecule has 3 nitrogen and oxygen atoms in total. The third-order valence-electron chi connectivity index (χ3n) is 2.81. The molecule has 0 atom stereocenters. The van der Waals surface area contributed by atoms with Crippen molar-refractivity contribution in [3.63, 3.8) is 0 Å². The van der Waals surface area contributed by atoms with Crippen LogP contribution in [0.1, 0.15) is 27.4 Å². The Balaban J connectivity index is 2.40. The maximum Gasteiger partial charge on any atom is 0.231 e. The highest BCUT2D eigenvalue weighted by atomic mass is 19.1. The van der Waals surface area contributed by atoms with E-state index in [1.54, 1.807) is 19.1 Å². The number of ketones is 1. The minimum Gasteiger partial charge on any atom is -0.497 e. The van der Waals surface area contributed by atoms with Crippen molar-refractivity contribution >= 4 is 5.78 Å². The van der Waals surface area contributed by atoms with E-state index in [0.717, 1.165) is 5.56 Å². The number of hydrogen-bond donors (Lipinski definition) is 0. The number of furan rings is 1. The van der Waals surface area contributed by atoms with E-state index in [-0.39, 0.29) is 11.3 Å². The summed E-state index contributed by atoms with van der Waals surface area (Å²) in [6.07, 6.45) is 0. The summed E-state index contributed by atoms with van der Waals surface area (Å²) in [5.41, 5.74) is 0.844. The van der Waals surface area contributed by atoms with Crippen LogP contribution in [0.3, 0.4) is 0 Å². The lowest BCUT2D eigenvalue weighted by molar-refractivity contribution is 0.100. The van der Waals surface area contributed by atoms with Crippen LogP contribution >= 0.6 is 0 Å². The summed E-state index contributed by atoms with van der Waals surface area (Å²) in [6, 6.07) is 5.72. The molecule has 0 fully saturated rings. The van der Waals surface area contributed by atoms with Gasteiger partial charge in [-0.25, -0.2) is 4.39 Å². The first-order valence-corrected chi connectivity index (χ1v) is 5.48. The van der Waals surface area contributed by atoms with Crippen LogP contribution in [0.2, 0.25) is 0 Å². The number of carbonyl (C=O) groups is 1. The van der Waals surface area contributed by atoms with E-state index in [9.17, 15) is 9.18 Å². The van der Waals surface area contributed by atoms with E-state index in [2.05, 4.69) is 0 Å². The first-order valence-electron chi connectivity index (χ1n) is 5.48. The molecular weight excluding hydrogens is 235 g/mol. The van der Waals surface area contributed by atoms with E-state index < -0.39 is 11.6 Å². The number of halogens is 1. The van der Waals surface area contributed by atoms with Gasteiger partial charge >= 0.3 is 0 Å². The highest BCUT2D eigenvalue weighted by molar-refractivity contribution is 6.07. The summed E-state index contributed by atoms with van der Waals surface area (Å²) in [5, 5.41) is 0. The van der Waals surface area contributed by atoms with Gasteiger partial charge in [0.1, 0.15) is 17.3 Å². The zero-order valence-corrected chi connectivity index (χ0v) is 10.4. The van der Waals surface area contributed by atoms with Crippen LogP contribution in [0.15, 0.2) is 28.7 Å². The maximum atomic E-state index is 13.7. The quantitative estimate of drug-likeness (QED) is 0.782. The lowest BCUT2D eigenvalue weighted by Gasteiger charge is -2.03. The van der Waals surface area contributed by atoms with Gasteiger partial charge in [0, 0.05) is 6.07 Å². The summed E-state index contributed by atoms with van der Waals surface area (Å²) in [5.74, 6) is 0.0922. The number of hydrogen-bond acceptors (Lipinski definition) is 3. The zero-order chi connectivity index (χ0) is 13.3. The van der Waals surface area contributed by atoms with Crippen LogP contribution < -0.4 is 4.74 Å². The van der Waals surface area contributed by atoms with E-state index in [4.69, 9.17) is 9.15 Å². The molecule has 0 saturated carbocycles. The van der Waals surface area contributed by atoms with Crippen molar-refractivity contribution in [3.05, 3.63) is 52.7 Å². The Labute approximate surface area is 104 Å². The predicted molar refractivity (Wildman–Crippen MR) is 64.6 cm³/mol. The summed E-state index contributed by atoms with van der Waals surface area (Å²) < 4.78 is 23.9. The van der Waals surface area contributed by atoms with Gasteiger partial charge in [-0.05, 0) is 37.6 Å². The monoisotopic (exact) mass is 248 g/mol. The van der Waals surface area contributed by atoms with Crippen molar-refractivity contribution < 1.29 is 18.3 Å². The van der Waals surface area contributed by atoms with Crippen LogP contribution in [0.25, 0.3) is 0 Å². The molecule has 0 aliphatic rings. The summed E-state index contributed by atoms with van der Waals surface area (Å²) in [7, 11) is 1.44. The summed E-state index contributed by atoms with van der Waals surface area (Å²) in [6.45, 7) is 3.59. The molecule has 0 N–H and O–H groups in total. The van der Waals surface area contributed by atoms with Gasteiger partial charge in [0.05, 0.1) is 12.7 Å². The number of ether oxygens (including phenoxy) is 1. The topological polar surface area (TPSA) is 39.4 Å². The van der Waals surface area contributed by atoms with Gasteiger partial charge in [-0.1, -0.05) is 0 Å². The van der Waals surface area contributed by atoms with Crippen molar-refractivity contribution in [2.75, 3.05) is 7.11 Å². The third kappa shape index (κ3) is 2.14. The molecular formula is C14H13FO3. The average Bonchev–Trinajstić information content (AvgIpc) is 2.68. The Kier molecular flexibility index (Phi) is 3.19. The number of methoxy groups -OCH3 is 1. The molecule has 2 rings (SSSR count). The molecule has 0 amide bonds. The number of rotatable bonds is 3. The van der Waals surface area contributed by atoms with Crippen molar-refractivity contribution in [3.8, 4) is 5.75 Å². The van der Waals surface area contributed by atoms with Gasteiger partial charge < -0.3 is 9.15 Å². The van der Waals surface area contributed by atoms with Crippen molar-refractivity contribution in [1.29, 1.82) is 0 Å². The molecule has 0 aliphatic heterocycles. The molecule has 0 saturated heterocycles. The Morgan fingerprint density at radius 1 is 1.28 bits per heavy atom. The SMILES string of the molecule is COc1ccc(C(=O)c2cc(C)c(C)o2)c(F)c1. The van der Waals surface area contributed by atoms with E-state index >= 15 is 0 Å². The molecule has 0 aliphatic carbocycles. The lowest BCUT2D eigenvalue weighted by Crippen LogP contribution is -2.03. The van der Waals surface area contributed by atoms with Crippen LogP contribution in [0.4, 0.5) is 4.39 Å². The molecule has 0 spiro atoms. The second-order valence-electron chi connectivity index (χ2n) is 4.02. The number of aryl methyl sites for hydroxylation is 2. The molecule has 2 aromatic rings. The van der Waals surface area contributed by atoms with Gasteiger partial charge in [0.25, 0.3) is 0 Å². The highest BCUT2D eigenvalue weighted by Crippen LogP contribution is 2.21. The Hall–Kier alpha value is -2.10. The highest BCUT2D eigenvalue weighted by Gasteiger charge is 2.18. The van der Waals surface area contributed by atoms with E-state index in [0.29, 0.717) is 11.5 Å². The minimum atomic E-state index is -0.619. The normalized spacial score (nSPS) is 10.4. The molecule has 1 heterocycles. The molecule has 0 radical (unpaired) electrons. The lowest BCUT2D eigenvalue weighted by atomic mass is 10.1. The average molecular weight is 248 g/mol. The smallest absolute Gasteiger partial charge is 0.231 e. The van der Waals surface area contributed by atoms with Gasteiger partial charge in [0.2, 0.25) is 5.78 Å². The Morgan fingerprint density at radius 2 is 2.00 bits per heavy atom. The molecule has 0 unspecified atom stereocenters. The van der Waals surface area contributed by atoms with E-state index in [1.165, 1.54) is 19.2 Å². The molecule has 1 aromatic heterocycles. The number of benzene rings is 1.